The molecule has 1 saturated heterocycles. The Balaban J connectivity index is 1.50. The number of carbonyl (C=O) groups is 3. The topological polar surface area (TPSA) is 79.0 Å². The van der Waals surface area contributed by atoms with Crippen LogP contribution in [0.3, 0.4) is 0 Å². The van der Waals surface area contributed by atoms with Gasteiger partial charge in [-0.1, -0.05) is 46.3 Å². The van der Waals surface area contributed by atoms with Crippen molar-refractivity contribution in [3.05, 3.63) is 94.0 Å². The van der Waals surface area contributed by atoms with Gasteiger partial charge in [0, 0.05) is 36.2 Å². The zero-order valence-corrected chi connectivity index (χ0v) is 21.7. The number of piperazine rings is 1. The van der Waals surface area contributed by atoms with Gasteiger partial charge in [0.15, 0.2) is 0 Å². The summed E-state index contributed by atoms with van der Waals surface area (Å²) in [6.45, 7) is 4.34. The first-order valence-corrected chi connectivity index (χ1v) is 12.7. The van der Waals surface area contributed by atoms with Gasteiger partial charge >= 0.3 is 5.97 Å². The molecule has 186 valence electrons. The molecule has 0 bridgehead atoms. The molecule has 1 aliphatic rings. The second-order valence-electron chi connectivity index (χ2n) is 8.45. The van der Waals surface area contributed by atoms with E-state index in [1.54, 1.807) is 19.1 Å². The van der Waals surface area contributed by atoms with Crippen LogP contribution in [0.4, 0.5) is 11.4 Å². The van der Waals surface area contributed by atoms with Gasteiger partial charge in [0.2, 0.25) is 5.91 Å². The van der Waals surface area contributed by atoms with Crippen LogP contribution in [-0.2, 0) is 16.0 Å². The lowest BCUT2D eigenvalue weighted by atomic mass is 10.1. The Morgan fingerprint density at radius 1 is 0.889 bits per heavy atom. The molecule has 2 amide bonds. The monoisotopic (exact) mass is 549 g/mol. The standard InChI is InChI=1S/C28H28BrN3O4/c1-2-36-28(35)22-10-13-25(24(19-22)30-26(33)18-20-8-11-23(29)12-9-20)31-14-16-32(17-15-31)27(34)21-6-4-3-5-7-21/h3-13,19H,2,14-18H2,1H3,(H,30,33). The summed E-state index contributed by atoms with van der Waals surface area (Å²) in [6.07, 6.45) is 0.204. The molecule has 0 saturated carbocycles. The molecular formula is C28H28BrN3O4. The van der Waals surface area contributed by atoms with Crippen molar-refractivity contribution in [2.24, 2.45) is 0 Å². The van der Waals surface area contributed by atoms with Gasteiger partial charge in [-0.2, -0.15) is 0 Å². The minimum atomic E-state index is -0.439. The van der Waals surface area contributed by atoms with E-state index in [2.05, 4.69) is 26.1 Å². The number of hydrogen-bond acceptors (Lipinski definition) is 5. The summed E-state index contributed by atoms with van der Waals surface area (Å²) in [7, 11) is 0. The van der Waals surface area contributed by atoms with Crippen LogP contribution < -0.4 is 10.2 Å². The molecule has 1 N–H and O–H groups in total. The quantitative estimate of drug-likeness (QED) is 0.429. The summed E-state index contributed by atoms with van der Waals surface area (Å²) >= 11 is 3.41. The maximum atomic E-state index is 12.9. The van der Waals surface area contributed by atoms with E-state index >= 15 is 0 Å². The molecule has 0 atom stereocenters. The fourth-order valence-corrected chi connectivity index (χ4v) is 4.41. The number of nitrogens with one attached hydrogen (secondary N) is 1. The van der Waals surface area contributed by atoms with Gasteiger partial charge in [-0.05, 0) is 55.0 Å². The maximum absolute atomic E-state index is 12.9. The number of carbonyl (C=O) groups excluding carboxylic acids is 3. The second-order valence-corrected chi connectivity index (χ2v) is 9.36. The zero-order valence-electron chi connectivity index (χ0n) is 20.1. The molecular weight excluding hydrogens is 522 g/mol. The van der Waals surface area contributed by atoms with Crippen molar-refractivity contribution in [1.82, 2.24) is 4.90 Å². The average molecular weight is 550 g/mol. The number of amides is 2. The van der Waals surface area contributed by atoms with E-state index < -0.39 is 5.97 Å². The third-order valence-electron chi connectivity index (χ3n) is 5.99. The van der Waals surface area contributed by atoms with Gasteiger partial charge in [0.1, 0.15) is 0 Å². The lowest BCUT2D eigenvalue weighted by Gasteiger charge is -2.37. The number of ether oxygens (including phenoxy) is 1. The molecule has 1 fully saturated rings. The van der Waals surface area contributed by atoms with E-state index in [9.17, 15) is 14.4 Å². The lowest BCUT2D eigenvalue weighted by molar-refractivity contribution is -0.115. The smallest absolute Gasteiger partial charge is 0.338 e. The van der Waals surface area contributed by atoms with Crippen molar-refractivity contribution in [3.8, 4) is 0 Å². The predicted octanol–water partition coefficient (Wildman–Crippen LogP) is 4.77. The molecule has 36 heavy (non-hydrogen) atoms. The van der Waals surface area contributed by atoms with Crippen molar-refractivity contribution in [2.75, 3.05) is 43.0 Å². The number of halogens is 1. The fourth-order valence-electron chi connectivity index (χ4n) is 4.15. The number of rotatable bonds is 7. The minimum absolute atomic E-state index is 0.0101. The van der Waals surface area contributed by atoms with Crippen molar-refractivity contribution in [2.45, 2.75) is 13.3 Å². The third-order valence-corrected chi connectivity index (χ3v) is 6.52. The second kappa shape index (κ2) is 11.9. The molecule has 8 heteroatoms. The minimum Gasteiger partial charge on any atom is -0.462 e. The van der Waals surface area contributed by atoms with E-state index in [4.69, 9.17) is 4.74 Å². The Labute approximate surface area is 219 Å². The van der Waals surface area contributed by atoms with Gasteiger partial charge < -0.3 is 19.9 Å². The Hall–Kier alpha value is -3.65. The highest BCUT2D eigenvalue weighted by Gasteiger charge is 2.24. The highest BCUT2D eigenvalue weighted by atomic mass is 79.9. The third kappa shape index (κ3) is 6.31. The van der Waals surface area contributed by atoms with Crippen molar-refractivity contribution in [3.63, 3.8) is 0 Å². The summed E-state index contributed by atoms with van der Waals surface area (Å²) in [5.74, 6) is -0.612. The van der Waals surface area contributed by atoms with Crippen LogP contribution in [0, 0.1) is 0 Å². The summed E-state index contributed by atoms with van der Waals surface area (Å²) in [5, 5.41) is 2.99. The van der Waals surface area contributed by atoms with Gasteiger partial charge in [0.05, 0.1) is 30.0 Å². The molecule has 0 aliphatic carbocycles. The van der Waals surface area contributed by atoms with Crippen LogP contribution in [-0.4, -0.2) is 55.5 Å². The molecule has 1 aliphatic heterocycles. The molecule has 1 heterocycles. The number of esters is 1. The zero-order chi connectivity index (χ0) is 25.5. The average Bonchev–Trinajstić information content (AvgIpc) is 2.90. The van der Waals surface area contributed by atoms with Crippen LogP contribution in [0.2, 0.25) is 0 Å². The predicted molar refractivity (Wildman–Crippen MR) is 143 cm³/mol. The summed E-state index contributed by atoms with van der Waals surface area (Å²) in [6, 6.07) is 22.0. The summed E-state index contributed by atoms with van der Waals surface area (Å²) in [5.41, 5.74) is 3.28. The largest absolute Gasteiger partial charge is 0.462 e. The molecule has 0 radical (unpaired) electrons. The van der Waals surface area contributed by atoms with E-state index in [1.807, 2.05) is 65.6 Å². The van der Waals surface area contributed by atoms with Crippen molar-refractivity contribution >= 4 is 45.1 Å². The number of anilines is 2. The highest BCUT2D eigenvalue weighted by Crippen LogP contribution is 2.29. The molecule has 0 unspecified atom stereocenters. The molecule has 0 spiro atoms. The lowest BCUT2D eigenvalue weighted by Crippen LogP contribution is -2.49. The van der Waals surface area contributed by atoms with Crippen molar-refractivity contribution < 1.29 is 19.1 Å². The van der Waals surface area contributed by atoms with Crippen LogP contribution >= 0.6 is 15.9 Å². The SMILES string of the molecule is CCOC(=O)c1ccc(N2CCN(C(=O)c3ccccc3)CC2)c(NC(=O)Cc2ccc(Br)cc2)c1. The summed E-state index contributed by atoms with van der Waals surface area (Å²) in [4.78, 5) is 42.0. The first kappa shape index (κ1) is 25.4. The number of nitrogens with zero attached hydrogens (tertiary/aromatic N) is 2. The van der Waals surface area contributed by atoms with Crippen LogP contribution in [0.5, 0.6) is 0 Å². The molecule has 0 aromatic heterocycles. The Morgan fingerprint density at radius 2 is 1.58 bits per heavy atom. The van der Waals surface area contributed by atoms with Crippen LogP contribution in [0.25, 0.3) is 0 Å². The van der Waals surface area contributed by atoms with Crippen molar-refractivity contribution in [1.29, 1.82) is 0 Å². The van der Waals surface area contributed by atoms with E-state index in [0.29, 0.717) is 43.0 Å². The Bertz CT molecular complexity index is 1220. The summed E-state index contributed by atoms with van der Waals surface area (Å²) < 4.78 is 6.09. The fraction of sp³-hybridized carbons (Fsp3) is 0.250. The van der Waals surface area contributed by atoms with Gasteiger partial charge in [-0.25, -0.2) is 4.79 Å². The van der Waals surface area contributed by atoms with Crippen LogP contribution in [0.1, 0.15) is 33.2 Å². The normalized spacial score (nSPS) is 13.3. The van der Waals surface area contributed by atoms with E-state index in [0.717, 1.165) is 15.7 Å². The number of benzene rings is 3. The maximum Gasteiger partial charge on any atom is 0.338 e. The highest BCUT2D eigenvalue weighted by molar-refractivity contribution is 9.10. The molecule has 4 rings (SSSR count). The van der Waals surface area contributed by atoms with Gasteiger partial charge in [-0.3, -0.25) is 9.59 Å². The Kier molecular flexibility index (Phi) is 8.38. The Morgan fingerprint density at radius 3 is 2.25 bits per heavy atom. The molecule has 3 aromatic carbocycles. The number of hydrogen-bond donors (Lipinski definition) is 1. The van der Waals surface area contributed by atoms with E-state index in [1.165, 1.54) is 0 Å². The van der Waals surface area contributed by atoms with Gasteiger partial charge in [-0.15, -0.1) is 0 Å². The van der Waals surface area contributed by atoms with E-state index in [-0.39, 0.29) is 24.8 Å². The first-order chi connectivity index (χ1) is 17.4. The molecule has 7 nitrogen and oxygen atoms in total. The van der Waals surface area contributed by atoms with Crippen LogP contribution in [0.15, 0.2) is 77.3 Å². The van der Waals surface area contributed by atoms with Gasteiger partial charge in [0.25, 0.3) is 5.91 Å². The first-order valence-electron chi connectivity index (χ1n) is 11.9. The molecule has 3 aromatic rings.